The summed E-state index contributed by atoms with van der Waals surface area (Å²) in [6.07, 6.45) is 1.26. The first-order chi connectivity index (χ1) is 9.75. The molecule has 1 aliphatic heterocycles. The molecule has 112 valence electrons. The van der Waals surface area contributed by atoms with Crippen LogP contribution in [0, 0.1) is 0 Å². The Morgan fingerprint density at radius 1 is 1.19 bits per heavy atom. The van der Waals surface area contributed by atoms with Crippen molar-refractivity contribution in [2.45, 2.75) is 45.4 Å². The molecule has 1 saturated heterocycles. The molecule has 0 radical (unpaired) electrons. The van der Waals surface area contributed by atoms with Gasteiger partial charge in [-0.15, -0.1) is 0 Å². The molecule has 1 fully saturated rings. The minimum Gasteiger partial charge on any atom is -0.399 e. The third-order valence-corrected chi connectivity index (χ3v) is 4.16. The number of carbonyl (C=O) groups excluding carboxylic acids is 1. The SMILES string of the molecule is C=CC(=O)NCc1ccc(B2OC(C)(C)C(C)(C)O2)cc1. The monoisotopic (exact) mass is 287 g/mol. The summed E-state index contributed by atoms with van der Waals surface area (Å²) in [4.78, 5) is 11.1. The van der Waals surface area contributed by atoms with Crippen LogP contribution in [0.4, 0.5) is 0 Å². The van der Waals surface area contributed by atoms with Crippen molar-refractivity contribution in [1.82, 2.24) is 5.32 Å². The van der Waals surface area contributed by atoms with E-state index in [1.54, 1.807) is 0 Å². The van der Waals surface area contributed by atoms with Gasteiger partial charge >= 0.3 is 7.12 Å². The Kier molecular flexibility index (Phi) is 4.26. The molecule has 4 nitrogen and oxygen atoms in total. The van der Waals surface area contributed by atoms with E-state index < -0.39 is 0 Å². The Hall–Kier alpha value is -1.59. The van der Waals surface area contributed by atoms with Gasteiger partial charge in [0.2, 0.25) is 5.91 Å². The second-order valence-electron chi connectivity index (χ2n) is 6.25. The average molecular weight is 287 g/mol. The third-order valence-electron chi connectivity index (χ3n) is 4.16. The summed E-state index contributed by atoms with van der Waals surface area (Å²) in [5.41, 5.74) is 1.32. The van der Waals surface area contributed by atoms with Gasteiger partial charge in [-0.25, -0.2) is 0 Å². The first kappa shape index (κ1) is 15.8. The number of carbonyl (C=O) groups is 1. The first-order valence-corrected chi connectivity index (χ1v) is 7.10. The Bertz CT molecular complexity index is 521. The summed E-state index contributed by atoms with van der Waals surface area (Å²) < 4.78 is 12.0. The molecule has 1 heterocycles. The minimum atomic E-state index is -0.355. The van der Waals surface area contributed by atoms with E-state index in [-0.39, 0.29) is 24.2 Å². The van der Waals surface area contributed by atoms with Crippen molar-refractivity contribution in [3.05, 3.63) is 42.5 Å². The fourth-order valence-corrected chi connectivity index (χ4v) is 2.03. The smallest absolute Gasteiger partial charge is 0.399 e. The Morgan fingerprint density at radius 2 is 1.71 bits per heavy atom. The second-order valence-corrected chi connectivity index (χ2v) is 6.25. The fraction of sp³-hybridized carbons (Fsp3) is 0.438. The number of rotatable bonds is 4. The summed E-state index contributed by atoms with van der Waals surface area (Å²) in [5, 5.41) is 2.74. The van der Waals surface area contributed by atoms with E-state index >= 15 is 0 Å². The van der Waals surface area contributed by atoms with Crippen molar-refractivity contribution in [1.29, 1.82) is 0 Å². The molecule has 2 rings (SSSR count). The molecule has 0 bridgehead atoms. The second kappa shape index (κ2) is 5.66. The van der Waals surface area contributed by atoms with Gasteiger partial charge in [-0.1, -0.05) is 30.8 Å². The van der Waals surface area contributed by atoms with Crippen LogP contribution < -0.4 is 10.8 Å². The Labute approximate surface area is 126 Å². The van der Waals surface area contributed by atoms with E-state index in [2.05, 4.69) is 11.9 Å². The van der Waals surface area contributed by atoms with Gasteiger partial charge < -0.3 is 14.6 Å². The summed E-state index contributed by atoms with van der Waals surface area (Å²) >= 11 is 0. The van der Waals surface area contributed by atoms with Gasteiger partial charge in [-0.05, 0) is 44.8 Å². The predicted octanol–water partition coefficient (Wildman–Crippen LogP) is 1.79. The molecule has 1 amide bonds. The van der Waals surface area contributed by atoms with Crippen LogP contribution in [0.1, 0.15) is 33.3 Å². The van der Waals surface area contributed by atoms with E-state index in [9.17, 15) is 4.79 Å². The predicted molar refractivity (Wildman–Crippen MR) is 84.2 cm³/mol. The van der Waals surface area contributed by atoms with Gasteiger partial charge in [0, 0.05) is 6.54 Å². The van der Waals surface area contributed by atoms with E-state index in [0.29, 0.717) is 6.54 Å². The molecule has 5 heteroatoms. The standard InChI is InChI=1S/C16H22BNO3/c1-6-14(19)18-11-12-7-9-13(10-8-12)17-20-15(2,3)16(4,5)21-17/h6-10H,1,11H2,2-5H3,(H,18,19). The molecule has 1 aromatic carbocycles. The van der Waals surface area contributed by atoms with Crippen LogP contribution in [0.2, 0.25) is 0 Å². The van der Waals surface area contributed by atoms with Gasteiger partial charge in [0.1, 0.15) is 0 Å². The summed E-state index contributed by atoms with van der Waals surface area (Å²) in [7, 11) is -0.355. The van der Waals surface area contributed by atoms with Crippen LogP contribution in [0.15, 0.2) is 36.9 Å². The van der Waals surface area contributed by atoms with Crippen LogP contribution in [0.5, 0.6) is 0 Å². The van der Waals surface area contributed by atoms with Crippen molar-refractivity contribution in [2.24, 2.45) is 0 Å². The molecule has 0 aromatic heterocycles. The van der Waals surface area contributed by atoms with Gasteiger partial charge in [-0.3, -0.25) is 4.79 Å². The fourth-order valence-electron chi connectivity index (χ4n) is 2.03. The van der Waals surface area contributed by atoms with Crippen LogP contribution in [0.3, 0.4) is 0 Å². The average Bonchev–Trinajstić information content (AvgIpc) is 2.65. The molecule has 1 N–H and O–H groups in total. The highest BCUT2D eigenvalue weighted by Crippen LogP contribution is 2.36. The minimum absolute atomic E-state index is 0.176. The summed E-state index contributed by atoms with van der Waals surface area (Å²) in [6.45, 7) is 12.0. The van der Waals surface area contributed by atoms with Gasteiger partial charge in [-0.2, -0.15) is 0 Å². The molecule has 21 heavy (non-hydrogen) atoms. The number of nitrogens with one attached hydrogen (secondary N) is 1. The number of hydrogen-bond acceptors (Lipinski definition) is 3. The lowest BCUT2D eigenvalue weighted by Gasteiger charge is -2.32. The number of amides is 1. The van der Waals surface area contributed by atoms with Gasteiger partial charge in [0.15, 0.2) is 0 Å². The van der Waals surface area contributed by atoms with Crippen molar-refractivity contribution in [2.75, 3.05) is 0 Å². The normalized spacial score (nSPS) is 19.3. The zero-order chi connectivity index (χ0) is 15.7. The van der Waals surface area contributed by atoms with Crippen LogP contribution >= 0.6 is 0 Å². The molecular formula is C16H22BNO3. The Morgan fingerprint density at radius 3 is 2.19 bits per heavy atom. The van der Waals surface area contributed by atoms with E-state index in [1.165, 1.54) is 6.08 Å². The van der Waals surface area contributed by atoms with E-state index in [1.807, 2.05) is 52.0 Å². The molecule has 1 aliphatic rings. The highest BCUT2D eigenvalue weighted by atomic mass is 16.7. The lowest BCUT2D eigenvalue weighted by Crippen LogP contribution is -2.41. The van der Waals surface area contributed by atoms with Crippen molar-refractivity contribution < 1.29 is 14.1 Å². The van der Waals surface area contributed by atoms with Crippen molar-refractivity contribution >= 4 is 18.5 Å². The molecule has 0 unspecified atom stereocenters. The molecule has 1 aromatic rings. The zero-order valence-corrected chi connectivity index (χ0v) is 13.1. The summed E-state index contributed by atoms with van der Waals surface area (Å²) in [6, 6.07) is 7.86. The summed E-state index contributed by atoms with van der Waals surface area (Å²) in [5.74, 6) is -0.176. The maximum absolute atomic E-state index is 11.1. The van der Waals surface area contributed by atoms with Crippen molar-refractivity contribution in [3.63, 3.8) is 0 Å². The quantitative estimate of drug-likeness (QED) is 0.678. The van der Waals surface area contributed by atoms with E-state index in [0.717, 1.165) is 11.0 Å². The largest absolute Gasteiger partial charge is 0.494 e. The zero-order valence-electron chi connectivity index (χ0n) is 13.1. The van der Waals surface area contributed by atoms with Crippen molar-refractivity contribution in [3.8, 4) is 0 Å². The van der Waals surface area contributed by atoms with Gasteiger partial charge in [0.05, 0.1) is 11.2 Å². The number of benzene rings is 1. The maximum Gasteiger partial charge on any atom is 0.494 e. The molecule has 0 atom stereocenters. The third kappa shape index (κ3) is 3.36. The van der Waals surface area contributed by atoms with Crippen LogP contribution in [-0.4, -0.2) is 24.2 Å². The maximum atomic E-state index is 11.1. The van der Waals surface area contributed by atoms with Crippen LogP contribution in [-0.2, 0) is 20.6 Å². The number of hydrogen-bond donors (Lipinski definition) is 1. The highest BCUT2D eigenvalue weighted by molar-refractivity contribution is 6.62. The lowest BCUT2D eigenvalue weighted by atomic mass is 9.79. The highest BCUT2D eigenvalue weighted by Gasteiger charge is 2.51. The lowest BCUT2D eigenvalue weighted by molar-refractivity contribution is -0.116. The van der Waals surface area contributed by atoms with Gasteiger partial charge in [0.25, 0.3) is 0 Å². The molecule has 0 spiro atoms. The Balaban J connectivity index is 2.03. The topological polar surface area (TPSA) is 47.6 Å². The molecule has 0 saturated carbocycles. The van der Waals surface area contributed by atoms with Crippen LogP contribution in [0.25, 0.3) is 0 Å². The molecule has 0 aliphatic carbocycles. The first-order valence-electron chi connectivity index (χ1n) is 7.10. The molecular weight excluding hydrogens is 265 g/mol. The van der Waals surface area contributed by atoms with E-state index in [4.69, 9.17) is 9.31 Å².